The van der Waals surface area contributed by atoms with Crippen LogP contribution in [0.4, 0.5) is 9.18 Å². The summed E-state index contributed by atoms with van der Waals surface area (Å²) in [6, 6.07) is 5.56. The molecule has 0 spiro atoms. The molecule has 4 heteroatoms. The first kappa shape index (κ1) is 10.1. The highest BCUT2D eigenvalue weighted by Crippen LogP contribution is 2.00. The third-order valence-corrected chi connectivity index (χ3v) is 1.37. The van der Waals surface area contributed by atoms with Gasteiger partial charge >= 0.3 is 6.09 Å². The zero-order valence-electron chi connectivity index (χ0n) is 7.31. The monoisotopic (exact) mass is 193 g/mol. The van der Waals surface area contributed by atoms with Crippen molar-refractivity contribution < 1.29 is 13.9 Å². The molecule has 0 fully saturated rings. The predicted octanol–water partition coefficient (Wildman–Crippen LogP) is 2.52. The highest BCUT2D eigenvalue weighted by Gasteiger charge is 1.94. The van der Waals surface area contributed by atoms with Crippen molar-refractivity contribution in [3.8, 4) is 0 Å². The molecule has 1 aromatic rings. The summed E-state index contributed by atoms with van der Waals surface area (Å²) in [6.07, 6.45) is 1.51. The Labute approximate surface area is 80.5 Å². The highest BCUT2D eigenvalue weighted by molar-refractivity contribution is 5.88. The summed E-state index contributed by atoms with van der Waals surface area (Å²) in [5.41, 5.74) is 0.618. The summed E-state index contributed by atoms with van der Waals surface area (Å²) in [4.78, 5) is 14.2. The molecule has 0 radical (unpaired) electrons. The van der Waals surface area contributed by atoms with Gasteiger partial charge in [-0.3, -0.25) is 0 Å². The molecule has 0 unspecified atom stereocenters. The molecule has 0 N–H and O–H groups in total. The zero-order chi connectivity index (χ0) is 10.4. The molecule has 1 rings (SSSR count). The number of rotatable bonds is 2. The van der Waals surface area contributed by atoms with Gasteiger partial charge < -0.3 is 4.74 Å². The maximum atomic E-state index is 12.5. The Bertz CT molecular complexity index is 357. The first-order chi connectivity index (χ1) is 6.72. The summed E-state index contributed by atoms with van der Waals surface area (Å²) in [6.45, 7) is 3.20. The summed E-state index contributed by atoms with van der Waals surface area (Å²) in [7, 11) is 0. The van der Waals surface area contributed by atoms with E-state index in [0.29, 0.717) is 5.56 Å². The standard InChI is InChI=1S/C10H8FNO2/c1-2-14-10(13)12-7-8-3-5-9(11)6-4-8/h2-7H,1H2/b12-7+. The SMILES string of the molecule is C=COC(=O)/N=C/c1ccc(F)cc1. The van der Waals surface area contributed by atoms with Crippen molar-refractivity contribution in [3.05, 3.63) is 48.5 Å². The second kappa shape index (κ2) is 4.91. The van der Waals surface area contributed by atoms with Crippen LogP contribution in [-0.4, -0.2) is 12.3 Å². The number of hydrogen-bond acceptors (Lipinski definition) is 2. The maximum Gasteiger partial charge on any atom is 0.438 e. The summed E-state index contributed by atoms with van der Waals surface area (Å²) < 4.78 is 16.8. The number of amides is 1. The van der Waals surface area contributed by atoms with Gasteiger partial charge in [0.05, 0.1) is 6.26 Å². The van der Waals surface area contributed by atoms with Gasteiger partial charge in [0.2, 0.25) is 0 Å². The van der Waals surface area contributed by atoms with Crippen molar-refractivity contribution in [3.63, 3.8) is 0 Å². The molecule has 0 saturated heterocycles. The molecule has 1 amide bonds. The Kier molecular flexibility index (Phi) is 3.55. The number of benzene rings is 1. The number of hydrogen-bond donors (Lipinski definition) is 0. The van der Waals surface area contributed by atoms with Crippen LogP contribution in [-0.2, 0) is 4.74 Å². The molecule has 72 valence electrons. The lowest BCUT2D eigenvalue weighted by molar-refractivity contribution is 0.197. The van der Waals surface area contributed by atoms with Crippen LogP contribution in [0.3, 0.4) is 0 Å². The molecule has 0 heterocycles. The number of nitrogens with zero attached hydrogens (tertiary/aromatic N) is 1. The van der Waals surface area contributed by atoms with Crippen LogP contribution < -0.4 is 0 Å². The van der Waals surface area contributed by atoms with Crippen LogP contribution in [0.15, 0.2) is 42.1 Å². The van der Waals surface area contributed by atoms with Crippen LogP contribution in [0, 0.1) is 5.82 Å². The zero-order valence-corrected chi connectivity index (χ0v) is 7.31. The van der Waals surface area contributed by atoms with Crippen LogP contribution in [0.1, 0.15) is 5.56 Å². The second-order valence-electron chi connectivity index (χ2n) is 2.36. The number of ether oxygens (including phenoxy) is 1. The number of halogens is 1. The Morgan fingerprint density at radius 1 is 1.43 bits per heavy atom. The van der Waals surface area contributed by atoms with Crippen LogP contribution in [0.25, 0.3) is 0 Å². The molecule has 0 aromatic heterocycles. The molecule has 0 aliphatic heterocycles. The van der Waals surface area contributed by atoms with E-state index in [4.69, 9.17) is 0 Å². The Hall–Kier alpha value is -1.97. The molecule has 0 bridgehead atoms. The van der Waals surface area contributed by atoms with E-state index < -0.39 is 6.09 Å². The molecule has 0 saturated carbocycles. The van der Waals surface area contributed by atoms with Gasteiger partial charge in [0.15, 0.2) is 0 Å². The fourth-order valence-electron chi connectivity index (χ4n) is 0.778. The van der Waals surface area contributed by atoms with Gasteiger partial charge in [-0.05, 0) is 17.7 Å². The average molecular weight is 193 g/mol. The summed E-state index contributed by atoms with van der Waals surface area (Å²) in [5, 5.41) is 0. The minimum atomic E-state index is -0.760. The fraction of sp³-hybridized carbons (Fsp3) is 0. The lowest BCUT2D eigenvalue weighted by Crippen LogP contribution is -1.92. The third kappa shape index (κ3) is 3.18. The van der Waals surface area contributed by atoms with Crippen molar-refractivity contribution in [2.75, 3.05) is 0 Å². The van der Waals surface area contributed by atoms with Crippen LogP contribution in [0.2, 0.25) is 0 Å². The first-order valence-electron chi connectivity index (χ1n) is 3.83. The average Bonchev–Trinajstić information content (AvgIpc) is 2.17. The molecule has 0 atom stereocenters. The molecule has 0 aliphatic rings. The smallest absolute Gasteiger partial charge is 0.417 e. The lowest BCUT2D eigenvalue weighted by atomic mass is 10.2. The first-order valence-corrected chi connectivity index (χ1v) is 3.83. The van der Waals surface area contributed by atoms with Gasteiger partial charge in [-0.2, -0.15) is 4.99 Å². The maximum absolute atomic E-state index is 12.5. The van der Waals surface area contributed by atoms with E-state index in [-0.39, 0.29) is 5.82 Å². The molecular formula is C10H8FNO2. The van der Waals surface area contributed by atoms with Crippen molar-refractivity contribution >= 4 is 12.3 Å². The van der Waals surface area contributed by atoms with Gasteiger partial charge in [-0.25, -0.2) is 9.18 Å². The van der Waals surface area contributed by atoms with E-state index >= 15 is 0 Å². The molecule has 14 heavy (non-hydrogen) atoms. The Morgan fingerprint density at radius 3 is 2.64 bits per heavy atom. The topological polar surface area (TPSA) is 38.7 Å². The molecular weight excluding hydrogens is 185 g/mol. The van der Waals surface area contributed by atoms with E-state index in [1.807, 2.05) is 0 Å². The second-order valence-corrected chi connectivity index (χ2v) is 2.36. The van der Waals surface area contributed by atoms with Gasteiger partial charge in [-0.15, -0.1) is 0 Å². The van der Waals surface area contributed by atoms with Gasteiger partial charge in [0.1, 0.15) is 5.82 Å². The van der Waals surface area contributed by atoms with E-state index in [0.717, 1.165) is 6.26 Å². The van der Waals surface area contributed by atoms with Crippen LogP contribution in [0.5, 0.6) is 0 Å². The van der Waals surface area contributed by atoms with Gasteiger partial charge in [0, 0.05) is 6.21 Å². The Morgan fingerprint density at radius 2 is 2.07 bits per heavy atom. The highest BCUT2D eigenvalue weighted by atomic mass is 19.1. The minimum absolute atomic E-state index is 0.337. The van der Waals surface area contributed by atoms with Crippen molar-refractivity contribution in [2.45, 2.75) is 0 Å². The van der Waals surface area contributed by atoms with E-state index in [1.165, 1.54) is 30.5 Å². The fourth-order valence-corrected chi connectivity index (χ4v) is 0.778. The Balaban J connectivity index is 2.64. The summed E-state index contributed by atoms with van der Waals surface area (Å²) in [5.74, 6) is -0.337. The molecule has 1 aromatic carbocycles. The lowest BCUT2D eigenvalue weighted by Gasteiger charge is -1.92. The van der Waals surface area contributed by atoms with Gasteiger partial charge in [-0.1, -0.05) is 18.7 Å². The van der Waals surface area contributed by atoms with E-state index in [2.05, 4.69) is 16.3 Å². The van der Waals surface area contributed by atoms with Crippen molar-refractivity contribution in [1.29, 1.82) is 0 Å². The van der Waals surface area contributed by atoms with E-state index in [1.54, 1.807) is 0 Å². The van der Waals surface area contributed by atoms with Gasteiger partial charge in [0.25, 0.3) is 0 Å². The minimum Gasteiger partial charge on any atom is -0.417 e. The van der Waals surface area contributed by atoms with E-state index in [9.17, 15) is 9.18 Å². The predicted molar refractivity (Wildman–Crippen MR) is 50.7 cm³/mol. The summed E-state index contributed by atoms with van der Waals surface area (Å²) >= 11 is 0. The van der Waals surface area contributed by atoms with Crippen molar-refractivity contribution in [1.82, 2.24) is 0 Å². The largest absolute Gasteiger partial charge is 0.438 e. The molecule has 3 nitrogen and oxygen atoms in total. The third-order valence-electron chi connectivity index (χ3n) is 1.37. The molecule has 0 aliphatic carbocycles. The quantitative estimate of drug-likeness (QED) is 0.534. The van der Waals surface area contributed by atoms with Crippen LogP contribution >= 0.6 is 0 Å². The number of carbonyl (C=O) groups excluding carboxylic acids is 1. The number of aliphatic imine (C=N–C) groups is 1. The van der Waals surface area contributed by atoms with Crippen molar-refractivity contribution in [2.24, 2.45) is 4.99 Å². The number of carbonyl (C=O) groups is 1. The normalized spacial score (nSPS) is 10.1.